The fourth-order valence-corrected chi connectivity index (χ4v) is 5.24. The fraction of sp³-hybridized carbons (Fsp3) is 0.542. The number of hydrogen-bond acceptors (Lipinski definition) is 9. The Bertz CT molecular complexity index is 1150. The average molecular weight is 541 g/mol. The molecular weight excluding hydrogens is 509 g/mol. The number of halogens is 3. The van der Waals surface area contributed by atoms with E-state index in [4.69, 9.17) is 15.2 Å². The number of carbonyl (C=O) groups is 1. The number of pyridine rings is 1. The maximum atomic E-state index is 13.4. The molecule has 2 atom stereocenters. The molecule has 0 radical (unpaired) electrons. The molecule has 2 aliphatic heterocycles. The van der Waals surface area contributed by atoms with E-state index in [1.165, 1.54) is 19.2 Å². The number of nitrogens with zero attached hydrogens (tertiary/aromatic N) is 5. The van der Waals surface area contributed by atoms with E-state index in [1.807, 2.05) is 0 Å². The van der Waals surface area contributed by atoms with Crippen LogP contribution in [0.25, 0.3) is 10.9 Å². The topological polar surface area (TPSA) is 96.5 Å². The lowest BCUT2D eigenvalue weighted by molar-refractivity contribution is -0.141. The van der Waals surface area contributed by atoms with Gasteiger partial charge in [0.2, 0.25) is 5.90 Å². The van der Waals surface area contributed by atoms with Crippen LogP contribution in [0.15, 0.2) is 29.3 Å². The Labute approximate surface area is 218 Å². The molecule has 0 bridgehead atoms. The second-order valence-electron chi connectivity index (χ2n) is 8.63. The second kappa shape index (κ2) is 11.4. The molecule has 2 unspecified atom stereocenters. The van der Waals surface area contributed by atoms with Gasteiger partial charge in [-0.2, -0.15) is 13.2 Å². The molecule has 1 aromatic carbocycles. The number of carbonyl (C=O) groups excluding carboxylic acids is 1. The van der Waals surface area contributed by atoms with Crippen LogP contribution in [0, 0.1) is 0 Å². The molecule has 2 aromatic rings. The molecule has 0 spiro atoms. The summed E-state index contributed by atoms with van der Waals surface area (Å²) < 4.78 is 55.5. The van der Waals surface area contributed by atoms with Crippen molar-refractivity contribution in [1.29, 1.82) is 0 Å². The third-order valence-corrected chi connectivity index (χ3v) is 7.75. The van der Waals surface area contributed by atoms with Gasteiger partial charge in [-0.3, -0.25) is 4.79 Å². The summed E-state index contributed by atoms with van der Waals surface area (Å²) in [7, 11) is 1.36. The number of alkyl halides is 3. The van der Waals surface area contributed by atoms with Gasteiger partial charge in [-0.25, -0.2) is 18.6 Å². The molecule has 1 amide bonds. The highest BCUT2D eigenvalue weighted by molar-refractivity contribution is 7.94. The number of aromatic nitrogens is 1. The van der Waals surface area contributed by atoms with Crippen molar-refractivity contribution < 1.29 is 27.4 Å². The van der Waals surface area contributed by atoms with Crippen molar-refractivity contribution in [3.63, 3.8) is 0 Å². The van der Waals surface area contributed by atoms with Crippen LogP contribution in [-0.4, -0.2) is 95.4 Å². The first-order valence-electron chi connectivity index (χ1n) is 12.2. The van der Waals surface area contributed by atoms with Crippen LogP contribution in [0.4, 0.5) is 13.2 Å². The lowest BCUT2D eigenvalue weighted by atomic mass is 10.1. The van der Waals surface area contributed by atoms with Crippen LogP contribution in [0.3, 0.4) is 0 Å². The van der Waals surface area contributed by atoms with E-state index < -0.39 is 24.0 Å². The van der Waals surface area contributed by atoms with Crippen LogP contribution in [0.1, 0.15) is 25.1 Å². The summed E-state index contributed by atoms with van der Waals surface area (Å²) in [6.45, 7) is 8.70. The average Bonchev–Trinajstić information content (AvgIpc) is 3.34. The third kappa shape index (κ3) is 5.79. The molecule has 2 N–H and O–H groups in total. The summed E-state index contributed by atoms with van der Waals surface area (Å²) >= 11 is 1.69. The van der Waals surface area contributed by atoms with Gasteiger partial charge in [-0.1, -0.05) is 13.8 Å². The van der Waals surface area contributed by atoms with E-state index in [1.54, 1.807) is 23.1 Å². The number of nitrogens with two attached hydrogens (primary N) is 1. The maximum absolute atomic E-state index is 13.4. The van der Waals surface area contributed by atoms with E-state index in [0.29, 0.717) is 24.0 Å². The molecule has 1 aromatic heterocycles. The minimum Gasteiger partial charge on any atom is -0.494 e. The first kappa shape index (κ1) is 27.4. The van der Waals surface area contributed by atoms with Crippen molar-refractivity contribution >= 4 is 34.8 Å². The zero-order valence-corrected chi connectivity index (χ0v) is 21.8. The van der Waals surface area contributed by atoms with Gasteiger partial charge in [0.15, 0.2) is 6.04 Å². The van der Waals surface area contributed by atoms with Crippen LogP contribution in [0.2, 0.25) is 0 Å². The number of benzene rings is 1. The van der Waals surface area contributed by atoms with Gasteiger partial charge in [-0.05, 0) is 24.3 Å². The van der Waals surface area contributed by atoms with Crippen molar-refractivity contribution in [3.8, 4) is 5.75 Å². The highest BCUT2D eigenvalue weighted by Crippen LogP contribution is 2.34. The lowest BCUT2D eigenvalue weighted by Gasteiger charge is -2.36. The highest BCUT2D eigenvalue weighted by atomic mass is 32.2. The Morgan fingerprint density at radius 3 is 2.49 bits per heavy atom. The number of methoxy groups -OCH3 is 1. The van der Waals surface area contributed by atoms with Gasteiger partial charge in [-0.15, -0.1) is 0 Å². The van der Waals surface area contributed by atoms with Crippen LogP contribution >= 0.6 is 12.1 Å². The SMILES string of the molecule is CCN(CC)SN1CCN(C(=O)C2N=C(c3ccc(OC)c4nc(C(F)(F)F)ccc34)OC2CN)CC1. The summed E-state index contributed by atoms with van der Waals surface area (Å²) in [5.41, 5.74) is 5.34. The largest absolute Gasteiger partial charge is 0.494 e. The maximum Gasteiger partial charge on any atom is 0.433 e. The van der Waals surface area contributed by atoms with Crippen molar-refractivity contribution in [2.75, 3.05) is 52.9 Å². The molecule has 0 aliphatic carbocycles. The Morgan fingerprint density at radius 1 is 1.19 bits per heavy atom. The standard InChI is InChI=1S/C24H31F3N6O3S/c1-4-32(5-2)37-33-12-10-31(11-13-33)23(34)21-18(14-28)36-22(30-21)16-6-8-17(35-3)20-15(16)7-9-19(29-20)24(25,26)27/h6-9,18,21H,4-5,10-14,28H2,1-3H3. The smallest absolute Gasteiger partial charge is 0.433 e. The number of amides is 1. The molecule has 13 heteroatoms. The van der Waals surface area contributed by atoms with E-state index in [9.17, 15) is 18.0 Å². The molecule has 4 rings (SSSR count). The van der Waals surface area contributed by atoms with Crippen molar-refractivity contribution in [3.05, 3.63) is 35.5 Å². The summed E-state index contributed by atoms with van der Waals surface area (Å²) in [6, 6.07) is 4.53. The van der Waals surface area contributed by atoms with Gasteiger partial charge < -0.3 is 20.1 Å². The lowest BCUT2D eigenvalue weighted by Crippen LogP contribution is -2.52. The van der Waals surface area contributed by atoms with E-state index in [-0.39, 0.29) is 29.6 Å². The van der Waals surface area contributed by atoms with Gasteiger partial charge in [0, 0.05) is 68.9 Å². The monoisotopic (exact) mass is 540 g/mol. The minimum absolute atomic E-state index is 0.0297. The van der Waals surface area contributed by atoms with E-state index >= 15 is 0 Å². The Balaban J connectivity index is 1.57. The zero-order chi connectivity index (χ0) is 26.7. The Kier molecular flexibility index (Phi) is 8.46. The van der Waals surface area contributed by atoms with Crippen LogP contribution in [-0.2, 0) is 15.7 Å². The fourth-order valence-electron chi connectivity index (χ4n) is 4.35. The Morgan fingerprint density at radius 2 is 1.89 bits per heavy atom. The van der Waals surface area contributed by atoms with Gasteiger partial charge in [0.25, 0.3) is 5.91 Å². The predicted molar refractivity (Wildman–Crippen MR) is 136 cm³/mol. The van der Waals surface area contributed by atoms with E-state index in [2.05, 4.69) is 32.4 Å². The summed E-state index contributed by atoms with van der Waals surface area (Å²) in [4.78, 5) is 23.5. The molecule has 1 fully saturated rings. The van der Waals surface area contributed by atoms with Gasteiger partial charge in [0.05, 0.1) is 7.11 Å². The minimum atomic E-state index is -4.60. The molecule has 202 valence electrons. The normalized spacial score (nSPS) is 20.9. The third-order valence-electron chi connectivity index (χ3n) is 6.40. The van der Waals surface area contributed by atoms with Crippen LogP contribution < -0.4 is 10.5 Å². The number of hydrogen-bond donors (Lipinski definition) is 1. The number of fused-ring (bicyclic) bond motifs is 1. The summed E-state index contributed by atoms with van der Waals surface area (Å²) in [5.74, 6) is 0.166. The van der Waals surface area contributed by atoms with Gasteiger partial charge >= 0.3 is 6.18 Å². The van der Waals surface area contributed by atoms with Crippen molar-refractivity contribution in [2.45, 2.75) is 32.2 Å². The molecule has 0 saturated carbocycles. The molecule has 1 saturated heterocycles. The molecular formula is C24H31F3N6O3S. The number of aliphatic imine (C=N–C) groups is 1. The number of piperazine rings is 1. The summed E-state index contributed by atoms with van der Waals surface area (Å²) in [6.07, 6.45) is -5.28. The summed E-state index contributed by atoms with van der Waals surface area (Å²) in [5, 5.41) is 0.372. The first-order chi connectivity index (χ1) is 17.7. The molecule has 2 aliphatic rings. The zero-order valence-electron chi connectivity index (χ0n) is 21.0. The molecule has 37 heavy (non-hydrogen) atoms. The van der Waals surface area contributed by atoms with E-state index in [0.717, 1.165) is 32.2 Å². The quantitative estimate of drug-likeness (QED) is 0.511. The first-order valence-corrected chi connectivity index (χ1v) is 12.9. The second-order valence-corrected chi connectivity index (χ2v) is 9.82. The van der Waals surface area contributed by atoms with Crippen molar-refractivity contribution in [2.24, 2.45) is 10.7 Å². The van der Waals surface area contributed by atoms with Crippen molar-refractivity contribution in [1.82, 2.24) is 18.5 Å². The number of ether oxygens (including phenoxy) is 2. The van der Waals surface area contributed by atoms with Gasteiger partial charge in [0.1, 0.15) is 23.1 Å². The molecule has 3 heterocycles. The number of rotatable bonds is 8. The highest BCUT2D eigenvalue weighted by Gasteiger charge is 2.40. The Hall–Kier alpha value is -2.61. The van der Waals surface area contributed by atoms with Crippen LogP contribution in [0.5, 0.6) is 5.75 Å². The predicted octanol–water partition coefficient (Wildman–Crippen LogP) is 2.78. The molecule has 9 nitrogen and oxygen atoms in total.